The molecular weight excluding hydrogens is 264 g/mol. The smallest absolute Gasteiger partial charge is 0.254 e. The molecule has 0 radical (unpaired) electrons. The van der Waals surface area contributed by atoms with E-state index in [0.717, 1.165) is 46.7 Å². The molecule has 4 heteroatoms. The quantitative estimate of drug-likeness (QED) is 0.927. The number of aryl methyl sites for hydroxylation is 2. The maximum Gasteiger partial charge on any atom is 0.254 e. The van der Waals surface area contributed by atoms with Crippen LogP contribution in [0.3, 0.4) is 0 Å². The molecule has 0 aliphatic carbocycles. The molecule has 0 atom stereocenters. The summed E-state index contributed by atoms with van der Waals surface area (Å²) in [7, 11) is 4.03. The van der Waals surface area contributed by atoms with Gasteiger partial charge in [-0.1, -0.05) is 0 Å². The lowest BCUT2D eigenvalue weighted by Gasteiger charge is -2.21. The van der Waals surface area contributed by atoms with Crippen molar-refractivity contribution < 1.29 is 9.53 Å². The van der Waals surface area contributed by atoms with Crippen LogP contribution in [0.2, 0.25) is 0 Å². The fraction of sp³-hybridized carbons (Fsp3) is 0.471. The van der Waals surface area contributed by atoms with Crippen molar-refractivity contribution in [2.45, 2.75) is 33.6 Å². The molecule has 1 aromatic carbocycles. The van der Waals surface area contributed by atoms with E-state index in [9.17, 15) is 4.79 Å². The minimum absolute atomic E-state index is 0.0454. The molecule has 4 nitrogen and oxygen atoms in total. The summed E-state index contributed by atoms with van der Waals surface area (Å²) in [5.41, 5.74) is 4.94. The zero-order chi connectivity index (χ0) is 15.6. The molecule has 1 N–H and O–H groups in total. The molecule has 1 amide bonds. The number of hydrogen-bond donors (Lipinski definition) is 1. The van der Waals surface area contributed by atoms with Gasteiger partial charge >= 0.3 is 0 Å². The maximum atomic E-state index is 12.4. The van der Waals surface area contributed by atoms with E-state index in [1.54, 1.807) is 0 Å². The van der Waals surface area contributed by atoms with Gasteiger partial charge in [0.25, 0.3) is 5.91 Å². The molecule has 0 aromatic heterocycles. The lowest BCUT2D eigenvalue weighted by molar-refractivity contribution is -0.113. The van der Waals surface area contributed by atoms with Crippen LogP contribution in [0.4, 0.5) is 11.4 Å². The predicted molar refractivity (Wildman–Crippen MR) is 86.8 cm³/mol. The number of nitrogens with zero attached hydrogens (tertiary/aromatic N) is 1. The van der Waals surface area contributed by atoms with Gasteiger partial charge < -0.3 is 15.0 Å². The second kappa shape index (κ2) is 6.20. The summed E-state index contributed by atoms with van der Waals surface area (Å²) < 4.78 is 5.47. The number of rotatable bonds is 3. The highest BCUT2D eigenvalue weighted by atomic mass is 16.5. The second-order valence-corrected chi connectivity index (χ2v) is 5.79. The highest BCUT2D eigenvalue weighted by Gasteiger charge is 2.19. The molecule has 1 aromatic rings. The third kappa shape index (κ3) is 3.38. The Kier molecular flexibility index (Phi) is 4.56. The van der Waals surface area contributed by atoms with Gasteiger partial charge in [-0.2, -0.15) is 0 Å². The number of anilines is 2. The average Bonchev–Trinajstić information content (AvgIpc) is 2.42. The SMILES string of the molecule is CC1=C(C(=O)Nc2c(C)cc(N(C)C)cc2C)CCCO1. The standard InChI is InChI=1S/C17H24N2O2/c1-11-9-14(19(4)5)10-12(2)16(11)18-17(20)15-7-6-8-21-13(15)3/h9-10H,6-8H2,1-5H3,(H,18,20). The molecular formula is C17H24N2O2. The largest absolute Gasteiger partial charge is 0.498 e. The van der Waals surface area contributed by atoms with Gasteiger partial charge in [0.15, 0.2) is 0 Å². The Morgan fingerprint density at radius 2 is 1.81 bits per heavy atom. The molecule has 0 fully saturated rings. The van der Waals surface area contributed by atoms with E-state index >= 15 is 0 Å². The molecule has 21 heavy (non-hydrogen) atoms. The number of carbonyl (C=O) groups excluding carboxylic acids is 1. The van der Waals surface area contributed by atoms with Crippen LogP contribution in [0, 0.1) is 13.8 Å². The molecule has 0 spiro atoms. The average molecular weight is 288 g/mol. The molecule has 0 saturated heterocycles. The van der Waals surface area contributed by atoms with Crippen molar-refractivity contribution in [3.05, 3.63) is 34.6 Å². The minimum atomic E-state index is -0.0454. The Morgan fingerprint density at radius 1 is 1.19 bits per heavy atom. The predicted octanol–water partition coefficient (Wildman–Crippen LogP) is 3.39. The number of nitrogens with one attached hydrogen (secondary N) is 1. The van der Waals surface area contributed by atoms with Crippen LogP contribution >= 0.6 is 0 Å². The van der Waals surface area contributed by atoms with Gasteiger partial charge in [0.1, 0.15) is 5.76 Å². The van der Waals surface area contributed by atoms with Crippen LogP contribution in [-0.4, -0.2) is 26.6 Å². The van der Waals surface area contributed by atoms with Gasteiger partial charge in [-0.3, -0.25) is 4.79 Å². The Hall–Kier alpha value is -1.97. The summed E-state index contributed by atoms with van der Waals surface area (Å²) in [5, 5.41) is 3.05. The van der Waals surface area contributed by atoms with Crippen molar-refractivity contribution in [3.8, 4) is 0 Å². The highest BCUT2D eigenvalue weighted by molar-refractivity contribution is 6.05. The van der Waals surface area contributed by atoms with Crippen molar-refractivity contribution in [3.63, 3.8) is 0 Å². The summed E-state index contributed by atoms with van der Waals surface area (Å²) in [6.45, 7) is 6.61. The van der Waals surface area contributed by atoms with Crippen LogP contribution in [0.15, 0.2) is 23.5 Å². The Balaban J connectivity index is 2.26. The first-order valence-corrected chi connectivity index (χ1v) is 7.32. The van der Waals surface area contributed by atoms with Gasteiger partial charge in [-0.15, -0.1) is 0 Å². The zero-order valence-corrected chi connectivity index (χ0v) is 13.5. The van der Waals surface area contributed by atoms with E-state index < -0.39 is 0 Å². The van der Waals surface area contributed by atoms with Crippen molar-refractivity contribution >= 4 is 17.3 Å². The van der Waals surface area contributed by atoms with Crippen molar-refractivity contribution in [2.75, 3.05) is 30.9 Å². The van der Waals surface area contributed by atoms with E-state index in [1.165, 1.54) is 0 Å². The number of amides is 1. The molecule has 0 unspecified atom stereocenters. The van der Waals surface area contributed by atoms with E-state index in [4.69, 9.17) is 4.74 Å². The van der Waals surface area contributed by atoms with Gasteiger partial charge in [0.2, 0.25) is 0 Å². The maximum absolute atomic E-state index is 12.4. The Bertz CT molecular complexity index is 565. The van der Waals surface area contributed by atoms with Gasteiger partial charge in [0.05, 0.1) is 12.2 Å². The first-order valence-electron chi connectivity index (χ1n) is 7.32. The van der Waals surface area contributed by atoms with Crippen LogP contribution in [0.5, 0.6) is 0 Å². The molecule has 2 rings (SSSR count). The number of carbonyl (C=O) groups is 1. The van der Waals surface area contributed by atoms with Crippen LogP contribution in [0.1, 0.15) is 30.9 Å². The lowest BCUT2D eigenvalue weighted by atomic mass is 10.0. The van der Waals surface area contributed by atoms with Gasteiger partial charge in [-0.25, -0.2) is 0 Å². The summed E-state index contributed by atoms with van der Waals surface area (Å²) in [4.78, 5) is 14.5. The topological polar surface area (TPSA) is 41.6 Å². The number of hydrogen-bond acceptors (Lipinski definition) is 3. The third-order valence-corrected chi connectivity index (χ3v) is 3.86. The van der Waals surface area contributed by atoms with Crippen LogP contribution < -0.4 is 10.2 Å². The highest BCUT2D eigenvalue weighted by Crippen LogP contribution is 2.28. The van der Waals surface area contributed by atoms with E-state index in [0.29, 0.717) is 6.61 Å². The zero-order valence-electron chi connectivity index (χ0n) is 13.5. The molecule has 114 valence electrons. The van der Waals surface area contributed by atoms with Crippen LogP contribution in [-0.2, 0) is 9.53 Å². The van der Waals surface area contributed by atoms with E-state index in [-0.39, 0.29) is 5.91 Å². The molecule has 0 saturated carbocycles. The molecule has 0 bridgehead atoms. The van der Waals surface area contributed by atoms with Gasteiger partial charge in [0, 0.05) is 25.5 Å². The van der Waals surface area contributed by atoms with E-state index in [1.807, 2.05) is 34.9 Å². The third-order valence-electron chi connectivity index (χ3n) is 3.86. The van der Waals surface area contributed by atoms with Crippen LogP contribution in [0.25, 0.3) is 0 Å². The number of ether oxygens (including phenoxy) is 1. The molecule has 1 heterocycles. The van der Waals surface area contributed by atoms with Crippen molar-refractivity contribution in [1.82, 2.24) is 0 Å². The molecule has 1 aliphatic heterocycles. The second-order valence-electron chi connectivity index (χ2n) is 5.79. The lowest BCUT2D eigenvalue weighted by Crippen LogP contribution is -2.21. The first kappa shape index (κ1) is 15.4. The number of benzene rings is 1. The summed E-state index contributed by atoms with van der Waals surface area (Å²) in [6, 6.07) is 4.17. The normalized spacial score (nSPS) is 14.7. The van der Waals surface area contributed by atoms with Crippen molar-refractivity contribution in [2.24, 2.45) is 0 Å². The summed E-state index contributed by atoms with van der Waals surface area (Å²) in [6.07, 6.45) is 1.68. The Labute approximate surface area is 126 Å². The Morgan fingerprint density at radius 3 is 2.33 bits per heavy atom. The minimum Gasteiger partial charge on any atom is -0.498 e. The first-order chi connectivity index (χ1) is 9.90. The summed E-state index contributed by atoms with van der Waals surface area (Å²) >= 11 is 0. The van der Waals surface area contributed by atoms with E-state index in [2.05, 4.69) is 22.3 Å². The fourth-order valence-electron chi connectivity index (χ4n) is 2.60. The number of allylic oxidation sites excluding steroid dienone is 1. The van der Waals surface area contributed by atoms with Gasteiger partial charge in [-0.05, 0) is 56.9 Å². The monoisotopic (exact) mass is 288 g/mol. The molecule has 1 aliphatic rings. The van der Waals surface area contributed by atoms with Crippen molar-refractivity contribution in [1.29, 1.82) is 0 Å². The summed E-state index contributed by atoms with van der Waals surface area (Å²) in [5.74, 6) is 0.704. The fourth-order valence-corrected chi connectivity index (χ4v) is 2.60.